The van der Waals surface area contributed by atoms with Crippen LogP contribution in [-0.2, 0) is 0 Å². The molecular formula is C12H11N5. The van der Waals surface area contributed by atoms with Gasteiger partial charge in [0.1, 0.15) is 11.6 Å². The van der Waals surface area contributed by atoms with E-state index in [0.29, 0.717) is 5.82 Å². The minimum absolute atomic E-state index is 0.466. The van der Waals surface area contributed by atoms with E-state index in [0.717, 1.165) is 28.1 Å². The number of rotatable bonds is 1. The van der Waals surface area contributed by atoms with E-state index >= 15 is 0 Å². The van der Waals surface area contributed by atoms with Gasteiger partial charge in [-0.2, -0.15) is 0 Å². The van der Waals surface area contributed by atoms with Crippen molar-refractivity contribution in [2.24, 2.45) is 0 Å². The first kappa shape index (κ1) is 9.65. The molecule has 0 aliphatic rings. The molecule has 0 saturated carbocycles. The van der Waals surface area contributed by atoms with Crippen molar-refractivity contribution >= 4 is 22.5 Å². The Morgan fingerprint density at radius 3 is 2.59 bits per heavy atom. The predicted molar refractivity (Wildman–Crippen MR) is 68.1 cm³/mol. The van der Waals surface area contributed by atoms with Gasteiger partial charge in [-0.25, -0.2) is 9.97 Å². The number of H-pyrrole nitrogens is 1. The average Bonchev–Trinajstić information content (AvgIpc) is 2.72. The van der Waals surface area contributed by atoms with Crippen molar-refractivity contribution in [1.82, 2.24) is 15.0 Å². The van der Waals surface area contributed by atoms with E-state index in [4.69, 9.17) is 11.5 Å². The molecule has 0 amide bonds. The van der Waals surface area contributed by atoms with Gasteiger partial charge in [-0.05, 0) is 24.3 Å². The largest absolute Gasteiger partial charge is 0.399 e. The molecule has 0 unspecified atom stereocenters. The van der Waals surface area contributed by atoms with Crippen LogP contribution in [0.15, 0.2) is 36.5 Å². The molecule has 0 bridgehead atoms. The van der Waals surface area contributed by atoms with Crippen molar-refractivity contribution in [3.8, 4) is 11.4 Å². The highest BCUT2D eigenvalue weighted by molar-refractivity contribution is 5.80. The highest BCUT2D eigenvalue weighted by Crippen LogP contribution is 2.21. The summed E-state index contributed by atoms with van der Waals surface area (Å²) in [7, 11) is 0. The first-order valence-corrected chi connectivity index (χ1v) is 5.19. The van der Waals surface area contributed by atoms with Gasteiger partial charge in [0.15, 0.2) is 0 Å². The van der Waals surface area contributed by atoms with Gasteiger partial charge in [0, 0.05) is 17.3 Å². The summed E-state index contributed by atoms with van der Waals surface area (Å²) in [4.78, 5) is 11.7. The molecule has 5 heteroatoms. The van der Waals surface area contributed by atoms with Crippen molar-refractivity contribution in [1.29, 1.82) is 0 Å². The molecule has 0 saturated heterocycles. The van der Waals surface area contributed by atoms with Crippen molar-refractivity contribution in [3.05, 3.63) is 36.5 Å². The van der Waals surface area contributed by atoms with Crippen molar-refractivity contribution in [2.45, 2.75) is 0 Å². The summed E-state index contributed by atoms with van der Waals surface area (Å²) in [6.07, 6.45) is 1.68. The van der Waals surface area contributed by atoms with E-state index in [-0.39, 0.29) is 0 Å². The number of nitrogens with two attached hydrogens (primary N) is 2. The number of nitrogen functional groups attached to an aromatic ring is 2. The molecule has 17 heavy (non-hydrogen) atoms. The molecule has 2 aromatic heterocycles. The second-order valence-electron chi connectivity index (χ2n) is 3.83. The normalized spacial score (nSPS) is 10.8. The van der Waals surface area contributed by atoms with Crippen LogP contribution >= 0.6 is 0 Å². The molecule has 84 valence electrons. The van der Waals surface area contributed by atoms with Gasteiger partial charge in [-0.3, -0.25) is 0 Å². The maximum absolute atomic E-state index is 5.64. The second kappa shape index (κ2) is 3.48. The molecule has 0 aliphatic heterocycles. The molecular weight excluding hydrogens is 214 g/mol. The average molecular weight is 225 g/mol. The van der Waals surface area contributed by atoms with Crippen molar-refractivity contribution in [2.75, 3.05) is 11.5 Å². The molecule has 0 radical (unpaired) electrons. The Labute approximate surface area is 97.5 Å². The van der Waals surface area contributed by atoms with E-state index in [9.17, 15) is 0 Å². The van der Waals surface area contributed by atoms with Crippen LogP contribution in [0.5, 0.6) is 0 Å². The third-order valence-corrected chi connectivity index (χ3v) is 2.57. The van der Waals surface area contributed by atoms with Gasteiger partial charge in [0.2, 0.25) is 0 Å². The summed E-state index contributed by atoms with van der Waals surface area (Å²) in [5.41, 5.74) is 14.6. The fourth-order valence-corrected chi connectivity index (χ4v) is 1.70. The number of hydrogen-bond donors (Lipinski definition) is 3. The zero-order valence-corrected chi connectivity index (χ0v) is 9.01. The number of pyridine rings is 1. The monoisotopic (exact) mass is 225 g/mol. The third-order valence-electron chi connectivity index (χ3n) is 2.57. The molecule has 0 atom stereocenters. The van der Waals surface area contributed by atoms with E-state index in [1.807, 2.05) is 24.3 Å². The van der Waals surface area contributed by atoms with Gasteiger partial charge in [0.05, 0.1) is 17.2 Å². The maximum Gasteiger partial charge on any atom is 0.138 e. The number of aromatic amines is 1. The van der Waals surface area contributed by atoms with E-state index in [1.165, 1.54) is 0 Å². The Balaban J connectivity index is 2.14. The predicted octanol–water partition coefficient (Wildman–Crippen LogP) is 1.79. The zero-order chi connectivity index (χ0) is 11.8. The Bertz CT molecular complexity index is 669. The zero-order valence-electron chi connectivity index (χ0n) is 9.01. The summed E-state index contributed by atoms with van der Waals surface area (Å²) in [6, 6.07) is 9.27. The quantitative estimate of drug-likeness (QED) is 0.550. The van der Waals surface area contributed by atoms with E-state index < -0.39 is 0 Å². The maximum atomic E-state index is 5.64. The highest BCUT2D eigenvalue weighted by Gasteiger charge is 2.05. The molecule has 5 nitrogen and oxygen atoms in total. The van der Waals surface area contributed by atoms with Gasteiger partial charge in [0.25, 0.3) is 0 Å². The summed E-state index contributed by atoms with van der Waals surface area (Å²) >= 11 is 0. The van der Waals surface area contributed by atoms with Crippen LogP contribution in [-0.4, -0.2) is 15.0 Å². The molecule has 3 aromatic rings. The van der Waals surface area contributed by atoms with Gasteiger partial charge in [-0.1, -0.05) is 0 Å². The number of nitrogens with zero attached hydrogens (tertiary/aromatic N) is 2. The van der Waals surface area contributed by atoms with Crippen LogP contribution in [0, 0.1) is 0 Å². The third kappa shape index (κ3) is 1.67. The second-order valence-corrected chi connectivity index (χ2v) is 3.83. The molecule has 3 rings (SSSR count). The van der Waals surface area contributed by atoms with Gasteiger partial charge in [-0.15, -0.1) is 0 Å². The number of hydrogen-bond acceptors (Lipinski definition) is 4. The van der Waals surface area contributed by atoms with E-state index in [2.05, 4.69) is 15.0 Å². The first-order chi connectivity index (χ1) is 8.22. The lowest BCUT2D eigenvalue weighted by Crippen LogP contribution is -1.87. The number of nitrogens with one attached hydrogen (secondary N) is 1. The summed E-state index contributed by atoms with van der Waals surface area (Å²) in [6.45, 7) is 0. The van der Waals surface area contributed by atoms with Crippen LogP contribution in [0.1, 0.15) is 0 Å². The van der Waals surface area contributed by atoms with Gasteiger partial charge >= 0.3 is 0 Å². The Kier molecular flexibility index (Phi) is 1.98. The topological polar surface area (TPSA) is 93.6 Å². The standard InChI is InChI=1S/C12H11N5/c13-8-3-1-7(2-4-8)12-16-9-5-11(14)15-6-10(9)17-12/h1-6H,13H2,(H2,14,15)(H,16,17). The minimum atomic E-state index is 0.466. The smallest absolute Gasteiger partial charge is 0.138 e. The SMILES string of the molecule is Nc1ccc(-c2nc3cc(N)ncc3[nH]2)cc1. The lowest BCUT2D eigenvalue weighted by atomic mass is 10.2. The molecule has 1 aromatic carbocycles. The van der Waals surface area contributed by atoms with Crippen LogP contribution in [0.25, 0.3) is 22.4 Å². The summed E-state index contributed by atoms with van der Waals surface area (Å²) < 4.78 is 0. The van der Waals surface area contributed by atoms with Gasteiger partial charge < -0.3 is 16.5 Å². The number of anilines is 2. The van der Waals surface area contributed by atoms with Crippen LogP contribution in [0.4, 0.5) is 11.5 Å². The van der Waals surface area contributed by atoms with Crippen LogP contribution < -0.4 is 11.5 Å². The summed E-state index contributed by atoms with van der Waals surface area (Å²) in [5.74, 6) is 1.25. The first-order valence-electron chi connectivity index (χ1n) is 5.19. The lowest BCUT2D eigenvalue weighted by Gasteiger charge is -1.96. The highest BCUT2D eigenvalue weighted by atomic mass is 14.9. The van der Waals surface area contributed by atoms with Crippen molar-refractivity contribution in [3.63, 3.8) is 0 Å². The number of benzene rings is 1. The number of fused-ring (bicyclic) bond motifs is 1. The molecule has 5 N–H and O–H groups in total. The molecule has 0 spiro atoms. The molecule has 0 fully saturated rings. The Morgan fingerprint density at radius 1 is 1.06 bits per heavy atom. The lowest BCUT2D eigenvalue weighted by molar-refractivity contribution is 1.33. The van der Waals surface area contributed by atoms with E-state index in [1.54, 1.807) is 12.3 Å². The minimum Gasteiger partial charge on any atom is -0.399 e. The Hall–Kier alpha value is -2.56. The number of aromatic nitrogens is 3. The molecule has 2 heterocycles. The van der Waals surface area contributed by atoms with Crippen molar-refractivity contribution < 1.29 is 0 Å². The fourth-order valence-electron chi connectivity index (χ4n) is 1.70. The van der Waals surface area contributed by atoms with Crippen LogP contribution in [0.2, 0.25) is 0 Å². The molecule has 0 aliphatic carbocycles. The fraction of sp³-hybridized carbons (Fsp3) is 0. The Morgan fingerprint density at radius 2 is 1.82 bits per heavy atom. The summed E-state index contributed by atoms with van der Waals surface area (Å²) in [5, 5.41) is 0. The van der Waals surface area contributed by atoms with Crippen LogP contribution in [0.3, 0.4) is 0 Å². The number of imidazole rings is 1.